The van der Waals surface area contributed by atoms with Crippen molar-refractivity contribution >= 4 is 38.6 Å². The second-order valence-electron chi connectivity index (χ2n) is 6.98. The van der Waals surface area contributed by atoms with Gasteiger partial charge in [-0.05, 0) is 41.0 Å². The highest BCUT2D eigenvalue weighted by Gasteiger charge is 2.26. The standard InChI is InChI=1S/C22H21N3O6S/c1-14(26)31-24-21(23)18-8-4-5-15(11-18)12-20(22(27)28)25-32(29,30)19-10-9-16-6-2-3-7-17(16)13-19/h2-11,13,20,25H,12H2,1H3,(H2,23,24)(H,27,28)/t20-/m0/s1. The highest BCUT2D eigenvalue weighted by Crippen LogP contribution is 2.19. The van der Waals surface area contributed by atoms with Crippen LogP contribution in [0.15, 0.2) is 76.8 Å². The van der Waals surface area contributed by atoms with Crippen molar-refractivity contribution in [1.82, 2.24) is 4.72 Å². The van der Waals surface area contributed by atoms with Gasteiger partial charge in [-0.3, -0.25) is 4.79 Å². The van der Waals surface area contributed by atoms with Crippen LogP contribution < -0.4 is 10.5 Å². The van der Waals surface area contributed by atoms with Crippen molar-refractivity contribution in [2.24, 2.45) is 10.9 Å². The van der Waals surface area contributed by atoms with Gasteiger partial charge in [0.15, 0.2) is 5.84 Å². The Labute approximate surface area is 184 Å². The van der Waals surface area contributed by atoms with Crippen LogP contribution in [0.25, 0.3) is 10.8 Å². The highest BCUT2D eigenvalue weighted by atomic mass is 32.2. The third-order valence-corrected chi connectivity index (χ3v) is 6.03. The molecule has 0 aliphatic heterocycles. The number of benzene rings is 3. The predicted molar refractivity (Wildman–Crippen MR) is 118 cm³/mol. The number of hydrogen-bond donors (Lipinski definition) is 3. The zero-order valence-electron chi connectivity index (χ0n) is 17.1. The molecule has 0 fully saturated rings. The van der Waals surface area contributed by atoms with Gasteiger partial charge >= 0.3 is 11.9 Å². The number of sulfonamides is 1. The Bertz CT molecular complexity index is 1300. The molecule has 0 aliphatic carbocycles. The molecule has 0 amide bonds. The summed E-state index contributed by atoms with van der Waals surface area (Å²) in [5.41, 5.74) is 6.66. The number of carboxylic acids is 1. The SMILES string of the molecule is CC(=O)O/N=C(/N)c1cccc(C[C@H](NS(=O)(=O)c2ccc3ccccc3c2)C(=O)O)c1. The first-order valence-electron chi connectivity index (χ1n) is 9.50. The van der Waals surface area contributed by atoms with Gasteiger partial charge < -0.3 is 15.7 Å². The number of rotatable bonds is 8. The van der Waals surface area contributed by atoms with Gasteiger partial charge in [0.25, 0.3) is 0 Å². The first-order valence-corrected chi connectivity index (χ1v) is 11.0. The Balaban J connectivity index is 1.82. The summed E-state index contributed by atoms with van der Waals surface area (Å²) in [6.45, 7) is 1.17. The third kappa shape index (κ3) is 5.68. The molecule has 0 aromatic heterocycles. The molecule has 9 nitrogen and oxygen atoms in total. The van der Waals surface area contributed by atoms with Crippen molar-refractivity contribution in [3.8, 4) is 0 Å². The second kappa shape index (κ2) is 9.58. The molecule has 32 heavy (non-hydrogen) atoms. The first-order chi connectivity index (χ1) is 15.2. The van der Waals surface area contributed by atoms with Gasteiger partial charge in [-0.2, -0.15) is 4.72 Å². The molecule has 166 valence electrons. The fourth-order valence-electron chi connectivity index (χ4n) is 3.03. The van der Waals surface area contributed by atoms with Crippen LogP contribution in [0.5, 0.6) is 0 Å². The molecule has 3 aromatic carbocycles. The van der Waals surface area contributed by atoms with Crippen LogP contribution in [-0.4, -0.2) is 37.3 Å². The summed E-state index contributed by atoms with van der Waals surface area (Å²) in [4.78, 5) is 27.1. The lowest BCUT2D eigenvalue weighted by atomic mass is 10.0. The first kappa shape index (κ1) is 22.9. The fourth-order valence-corrected chi connectivity index (χ4v) is 4.25. The molecule has 0 radical (unpaired) electrons. The van der Waals surface area contributed by atoms with E-state index in [9.17, 15) is 23.1 Å². The number of aliphatic carboxylic acids is 1. The third-order valence-electron chi connectivity index (χ3n) is 4.56. The highest BCUT2D eigenvalue weighted by molar-refractivity contribution is 7.89. The molecule has 3 rings (SSSR count). The minimum atomic E-state index is -4.10. The van der Waals surface area contributed by atoms with Gasteiger partial charge in [0.2, 0.25) is 10.0 Å². The topological polar surface area (TPSA) is 148 Å². The number of carboxylic acid groups (broad SMARTS) is 1. The number of nitrogens with one attached hydrogen (secondary N) is 1. The van der Waals surface area contributed by atoms with Crippen molar-refractivity contribution in [3.05, 3.63) is 77.9 Å². The average molecular weight is 455 g/mol. The van der Waals surface area contributed by atoms with E-state index in [1.54, 1.807) is 42.5 Å². The van der Waals surface area contributed by atoms with Crippen molar-refractivity contribution in [2.75, 3.05) is 0 Å². The Morgan fingerprint density at radius 1 is 1.06 bits per heavy atom. The van der Waals surface area contributed by atoms with E-state index in [0.717, 1.165) is 10.8 Å². The quantitative estimate of drug-likeness (QED) is 0.204. The Morgan fingerprint density at radius 3 is 2.47 bits per heavy atom. The lowest BCUT2D eigenvalue weighted by Crippen LogP contribution is -2.42. The summed E-state index contributed by atoms with van der Waals surface area (Å²) in [6, 6.07) is 16.8. The Hall–Kier alpha value is -3.76. The molecule has 0 saturated carbocycles. The van der Waals surface area contributed by atoms with E-state index >= 15 is 0 Å². The number of oxime groups is 1. The maximum atomic E-state index is 12.8. The van der Waals surface area contributed by atoms with E-state index in [4.69, 9.17) is 5.73 Å². The Kier molecular flexibility index (Phi) is 6.86. The molecular weight excluding hydrogens is 434 g/mol. The minimum Gasteiger partial charge on any atom is -0.480 e. The normalized spacial score (nSPS) is 13.0. The predicted octanol–water partition coefficient (Wildman–Crippen LogP) is 2.00. The molecule has 10 heteroatoms. The van der Waals surface area contributed by atoms with E-state index in [0.29, 0.717) is 11.1 Å². The zero-order valence-corrected chi connectivity index (χ0v) is 17.9. The number of nitrogens with zero attached hydrogens (tertiary/aromatic N) is 1. The molecule has 0 spiro atoms. The van der Waals surface area contributed by atoms with Gasteiger partial charge in [0.1, 0.15) is 6.04 Å². The zero-order chi connectivity index (χ0) is 23.3. The van der Waals surface area contributed by atoms with Crippen molar-refractivity contribution in [3.63, 3.8) is 0 Å². The van der Waals surface area contributed by atoms with E-state index in [1.807, 2.05) is 12.1 Å². The van der Waals surface area contributed by atoms with Gasteiger partial charge in [0.05, 0.1) is 4.90 Å². The van der Waals surface area contributed by atoms with Crippen LogP contribution in [-0.2, 0) is 30.9 Å². The monoisotopic (exact) mass is 455 g/mol. The summed E-state index contributed by atoms with van der Waals surface area (Å²) in [5.74, 6) is -2.05. The molecule has 0 saturated heterocycles. The number of fused-ring (bicyclic) bond motifs is 1. The molecule has 0 bridgehead atoms. The second-order valence-corrected chi connectivity index (χ2v) is 8.70. The molecule has 4 N–H and O–H groups in total. The van der Waals surface area contributed by atoms with Crippen LogP contribution in [0.1, 0.15) is 18.1 Å². The number of hydrogen-bond acceptors (Lipinski definition) is 6. The summed E-state index contributed by atoms with van der Waals surface area (Å²) >= 11 is 0. The molecular formula is C22H21N3O6S. The molecule has 1 atom stereocenters. The van der Waals surface area contributed by atoms with Gasteiger partial charge in [-0.1, -0.05) is 53.7 Å². The van der Waals surface area contributed by atoms with Crippen LogP contribution in [0.3, 0.4) is 0 Å². The summed E-state index contributed by atoms with van der Waals surface area (Å²) in [7, 11) is -4.10. The number of carbonyl (C=O) groups excluding carboxylic acids is 1. The van der Waals surface area contributed by atoms with E-state index in [1.165, 1.54) is 19.1 Å². The van der Waals surface area contributed by atoms with Crippen LogP contribution in [0, 0.1) is 0 Å². The minimum absolute atomic E-state index is 0.0334. The summed E-state index contributed by atoms with van der Waals surface area (Å²) < 4.78 is 27.9. The van der Waals surface area contributed by atoms with E-state index in [2.05, 4.69) is 14.7 Å². The number of nitrogens with two attached hydrogens (primary N) is 1. The summed E-state index contributed by atoms with van der Waals surface area (Å²) in [5, 5.41) is 14.7. The maximum Gasteiger partial charge on any atom is 0.332 e. The van der Waals surface area contributed by atoms with Crippen molar-refractivity contribution in [1.29, 1.82) is 0 Å². The number of carbonyl (C=O) groups is 2. The van der Waals surface area contributed by atoms with E-state index in [-0.39, 0.29) is 17.2 Å². The Morgan fingerprint density at radius 2 is 1.78 bits per heavy atom. The lowest BCUT2D eigenvalue weighted by molar-refractivity contribution is -0.141. The smallest absolute Gasteiger partial charge is 0.332 e. The van der Waals surface area contributed by atoms with Gasteiger partial charge in [0, 0.05) is 12.5 Å². The largest absolute Gasteiger partial charge is 0.480 e. The molecule has 3 aromatic rings. The molecule has 0 unspecified atom stereocenters. The van der Waals surface area contributed by atoms with E-state index < -0.39 is 28.0 Å². The fraction of sp³-hybridized carbons (Fsp3) is 0.136. The van der Waals surface area contributed by atoms with Crippen LogP contribution in [0.4, 0.5) is 0 Å². The van der Waals surface area contributed by atoms with Gasteiger partial charge in [-0.25, -0.2) is 13.2 Å². The molecule has 0 aliphatic rings. The van der Waals surface area contributed by atoms with Crippen molar-refractivity contribution < 1.29 is 28.0 Å². The maximum absolute atomic E-state index is 12.8. The molecule has 0 heterocycles. The van der Waals surface area contributed by atoms with Crippen LogP contribution >= 0.6 is 0 Å². The van der Waals surface area contributed by atoms with Crippen molar-refractivity contribution in [2.45, 2.75) is 24.3 Å². The number of amidine groups is 1. The van der Waals surface area contributed by atoms with Gasteiger partial charge in [-0.15, -0.1) is 0 Å². The lowest BCUT2D eigenvalue weighted by Gasteiger charge is -2.16. The average Bonchev–Trinajstić information content (AvgIpc) is 2.76. The van der Waals surface area contributed by atoms with Crippen LogP contribution in [0.2, 0.25) is 0 Å². The summed E-state index contributed by atoms with van der Waals surface area (Å²) in [6.07, 6.45) is -0.142.